The lowest BCUT2D eigenvalue weighted by atomic mass is 10.0. The maximum absolute atomic E-state index is 4.63. The number of rotatable bonds is 4. The molecule has 0 aliphatic heterocycles. The largest absolute Gasteiger partial charge is 0.264 e. The lowest BCUT2D eigenvalue weighted by molar-refractivity contribution is 1.08. The predicted octanol–water partition coefficient (Wildman–Crippen LogP) is 3.43. The van der Waals surface area contributed by atoms with Gasteiger partial charge in [0, 0.05) is 30.1 Å². The van der Waals surface area contributed by atoms with Crippen molar-refractivity contribution in [3.63, 3.8) is 0 Å². The van der Waals surface area contributed by atoms with E-state index >= 15 is 0 Å². The van der Waals surface area contributed by atoms with Crippen LogP contribution in [0.25, 0.3) is 11.3 Å². The number of aryl methyl sites for hydroxylation is 1. The molecule has 2 aromatic heterocycles. The van der Waals surface area contributed by atoms with Crippen LogP contribution in [0, 0.1) is 0 Å². The van der Waals surface area contributed by atoms with E-state index in [2.05, 4.69) is 29.5 Å². The minimum atomic E-state index is 0.801. The van der Waals surface area contributed by atoms with Crippen LogP contribution in [0.3, 0.4) is 0 Å². The Balaban J connectivity index is 2.45. The van der Waals surface area contributed by atoms with Crippen LogP contribution in [0.2, 0.25) is 0 Å². The monoisotopic (exact) mass is 224 g/mol. The van der Waals surface area contributed by atoms with Gasteiger partial charge in [0.05, 0.1) is 5.69 Å². The minimum Gasteiger partial charge on any atom is -0.264 e. The Bertz CT molecular complexity index is 518. The second kappa shape index (κ2) is 5.39. The molecule has 0 spiro atoms. The molecule has 2 heteroatoms. The van der Waals surface area contributed by atoms with E-state index in [1.54, 1.807) is 0 Å². The second-order valence-corrected chi connectivity index (χ2v) is 3.89. The van der Waals surface area contributed by atoms with Crippen molar-refractivity contribution in [2.45, 2.75) is 19.8 Å². The molecule has 86 valence electrons. The van der Waals surface area contributed by atoms with Crippen LogP contribution in [0.1, 0.15) is 18.2 Å². The zero-order chi connectivity index (χ0) is 12.1. The molecular weight excluding hydrogens is 208 g/mol. The van der Waals surface area contributed by atoms with Crippen LogP contribution in [0.4, 0.5) is 0 Å². The fourth-order valence-electron chi connectivity index (χ4n) is 1.85. The highest BCUT2D eigenvalue weighted by molar-refractivity contribution is 5.62. The van der Waals surface area contributed by atoms with Crippen molar-refractivity contribution in [3.05, 3.63) is 60.6 Å². The van der Waals surface area contributed by atoms with Gasteiger partial charge in [0.25, 0.3) is 0 Å². The molecule has 2 aromatic rings. The van der Waals surface area contributed by atoms with Crippen LogP contribution in [-0.2, 0) is 12.8 Å². The number of hydrogen-bond acceptors (Lipinski definition) is 2. The van der Waals surface area contributed by atoms with Crippen LogP contribution in [0.5, 0.6) is 0 Å². The molecule has 0 aliphatic rings. The first kappa shape index (κ1) is 11.5. The van der Waals surface area contributed by atoms with E-state index in [4.69, 9.17) is 0 Å². The summed E-state index contributed by atoms with van der Waals surface area (Å²) in [4.78, 5) is 8.82. The topological polar surface area (TPSA) is 25.8 Å². The predicted molar refractivity (Wildman–Crippen MR) is 70.7 cm³/mol. The molecular formula is C15H16N2. The van der Waals surface area contributed by atoms with Gasteiger partial charge in [-0.2, -0.15) is 0 Å². The van der Waals surface area contributed by atoms with E-state index in [-0.39, 0.29) is 0 Å². The number of allylic oxidation sites excluding steroid dienone is 1. The number of pyridine rings is 2. The Labute approximate surface area is 102 Å². The molecule has 2 heterocycles. The zero-order valence-electron chi connectivity index (χ0n) is 10.1. The molecule has 0 bridgehead atoms. The number of hydrogen-bond donors (Lipinski definition) is 0. The molecule has 2 rings (SSSR count). The quantitative estimate of drug-likeness (QED) is 0.743. The average Bonchev–Trinajstić information content (AvgIpc) is 2.39. The van der Waals surface area contributed by atoms with Gasteiger partial charge >= 0.3 is 0 Å². The first-order valence-corrected chi connectivity index (χ1v) is 5.85. The summed E-state index contributed by atoms with van der Waals surface area (Å²) < 4.78 is 0. The summed E-state index contributed by atoms with van der Waals surface area (Å²) in [5, 5.41) is 0. The van der Waals surface area contributed by atoms with E-state index in [9.17, 15) is 0 Å². The highest BCUT2D eigenvalue weighted by Gasteiger charge is 2.05. The molecule has 0 N–H and O–H groups in total. The molecule has 0 atom stereocenters. The Hall–Kier alpha value is -1.96. The van der Waals surface area contributed by atoms with Crippen molar-refractivity contribution in [3.8, 4) is 11.3 Å². The maximum atomic E-state index is 4.63. The van der Waals surface area contributed by atoms with Crippen molar-refractivity contribution in [2.24, 2.45) is 0 Å². The van der Waals surface area contributed by atoms with Crippen LogP contribution in [-0.4, -0.2) is 9.97 Å². The maximum Gasteiger partial charge on any atom is 0.0723 e. The molecule has 0 unspecified atom stereocenters. The molecule has 17 heavy (non-hydrogen) atoms. The van der Waals surface area contributed by atoms with Crippen LogP contribution < -0.4 is 0 Å². The third kappa shape index (κ3) is 2.59. The number of nitrogens with zero attached hydrogens (tertiary/aromatic N) is 2. The summed E-state index contributed by atoms with van der Waals surface area (Å²) in [7, 11) is 0. The van der Waals surface area contributed by atoms with E-state index in [0.29, 0.717) is 0 Å². The Morgan fingerprint density at radius 3 is 2.94 bits per heavy atom. The standard InChI is InChI=1S/C15H16N2/c1-3-6-13-7-5-8-15(17-13)14-11-16-10-9-12(14)4-2/h3,5,7-11H,1,4,6H2,2H3. The van der Waals surface area contributed by atoms with E-state index < -0.39 is 0 Å². The van der Waals surface area contributed by atoms with Crippen LogP contribution >= 0.6 is 0 Å². The zero-order valence-corrected chi connectivity index (χ0v) is 10.1. The van der Waals surface area contributed by atoms with Crippen molar-refractivity contribution < 1.29 is 0 Å². The molecule has 0 aliphatic carbocycles. The normalized spacial score (nSPS) is 10.2. The van der Waals surface area contributed by atoms with Gasteiger partial charge in [-0.25, -0.2) is 0 Å². The Kier molecular flexibility index (Phi) is 3.66. The van der Waals surface area contributed by atoms with Crippen molar-refractivity contribution in [1.82, 2.24) is 9.97 Å². The van der Waals surface area contributed by atoms with E-state index in [0.717, 1.165) is 29.8 Å². The third-order valence-electron chi connectivity index (χ3n) is 2.73. The molecule has 0 radical (unpaired) electrons. The first-order valence-electron chi connectivity index (χ1n) is 5.85. The average molecular weight is 224 g/mol. The summed E-state index contributed by atoms with van der Waals surface area (Å²) in [5.74, 6) is 0. The molecule has 0 amide bonds. The van der Waals surface area contributed by atoms with Crippen LogP contribution in [0.15, 0.2) is 49.3 Å². The van der Waals surface area contributed by atoms with Gasteiger partial charge in [0.15, 0.2) is 0 Å². The summed E-state index contributed by atoms with van der Waals surface area (Å²) in [5.41, 5.74) is 4.45. The molecule has 0 fully saturated rings. The second-order valence-electron chi connectivity index (χ2n) is 3.89. The van der Waals surface area contributed by atoms with Gasteiger partial charge in [-0.15, -0.1) is 6.58 Å². The summed E-state index contributed by atoms with van der Waals surface area (Å²) in [6.45, 7) is 5.89. The fourth-order valence-corrected chi connectivity index (χ4v) is 1.85. The Morgan fingerprint density at radius 1 is 1.29 bits per heavy atom. The third-order valence-corrected chi connectivity index (χ3v) is 2.73. The molecule has 0 saturated heterocycles. The van der Waals surface area contributed by atoms with E-state index in [1.165, 1.54) is 5.56 Å². The highest BCUT2D eigenvalue weighted by Crippen LogP contribution is 2.21. The van der Waals surface area contributed by atoms with Crippen molar-refractivity contribution in [1.29, 1.82) is 0 Å². The lowest BCUT2D eigenvalue weighted by Crippen LogP contribution is -1.94. The summed E-state index contributed by atoms with van der Waals surface area (Å²) >= 11 is 0. The van der Waals surface area contributed by atoms with Gasteiger partial charge in [-0.1, -0.05) is 19.1 Å². The van der Waals surface area contributed by atoms with E-state index in [1.807, 2.05) is 36.7 Å². The van der Waals surface area contributed by atoms with Crippen molar-refractivity contribution >= 4 is 0 Å². The van der Waals surface area contributed by atoms with Gasteiger partial charge in [0.1, 0.15) is 0 Å². The molecule has 0 aromatic carbocycles. The fraction of sp³-hybridized carbons (Fsp3) is 0.200. The van der Waals surface area contributed by atoms with Gasteiger partial charge in [-0.3, -0.25) is 9.97 Å². The summed E-state index contributed by atoms with van der Waals surface area (Å²) in [6, 6.07) is 8.14. The highest BCUT2D eigenvalue weighted by atomic mass is 14.7. The van der Waals surface area contributed by atoms with Gasteiger partial charge in [0.2, 0.25) is 0 Å². The SMILES string of the molecule is C=CCc1cccc(-c2cnccc2CC)n1. The summed E-state index contributed by atoms with van der Waals surface area (Å²) in [6.07, 6.45) is 7.38. The van der Waals surface area contributed by atoms with Gasteiger partial charge < -0.3 is 0 Å². The van der Waals surface area contributed by atoms with Gasteiger partial charge in [-0.05, 0) is 30.2 Å². The first-order chi connectivity index (χ1) is 8.35. The molecule has 0 saturated carbocycles. The lowest BCUT2D eigenvalue weighted by Gasteiger charge is -2.07. The smallest absolute Gasteiger partial charge is 0.0723 e. The number of aromatic nitrogens is 2. The minimum absolute atomic E-state index is 0.801. The Morgan fingerprint density at radius 2 is 2.18 bits per heavy atom. The molecule has 2 nitrogen and oxygen atoms in total. The van der Waals surface area contributed by atoms with Crippen molar-refractivity contribution in [2.75, 3.05) is 0 Å².